The Kier molecular flexibility index (Phi) is 6.04. The third-order valence-electron chi connectivity index (χ3n) is 5.59. The highest BCUT2D eigenvalue weighted by atomic mass is 19.4. The van der Waals surface area contributed by atoms with E-state index in [9.17, 15) is 35.9 Å². The lowest BCUT2D eigenvalue weighted by Gasteiger charge is -2.15. The lowest BCUT2D eigenvalue weighted by atomic mass is 10.0. The summed E-state index contributed by atoms with van der Waals surface area (Å²) in [6, 6.07) is 2.34. The van der Waals surface area contributed by atoms with E-state index in [0.717, 1.165) is 16.9 Å². The van der Waals surface area contributed by atoms with Crippen molar-refractivity contribution in [3.05, 3.63) is 41.0 Å². The summed E-state index contributed by atoms with van der Waals surface area (Å²) < 4.78 is 86.5. The van der Waals surface area contributed by atoms with Crippen LogP contribution >= 0.6 is 0 Å². The predicted molar refractivity (Wildman–Crippen MR) is 104 cm³/mol. The summed E-state index contributed by atoms with van der Waals surface area (Å²) in [7, 11) is 0. The van der Waals surface area contributed by atoms with Crippen molar-refractivity contribution >= 4 is 17.5 Å². The molecule has 14 heteroatoms. The fourth-order valence-electron chi connectivity index (χ4n) is 3.89. The van der Waals surface area contributed by atoms with Gasteiger partial charge in [0.2, 0.25) is 0 Å². The Morgan fingerprint density at radius 3 is 2.47 bits per heavy atom. The Morgan fingerprint density at radius 2 is 1.91 bits per heavy atom. The molecule has 184 valence electrons. The number of pyridine rings is 1. The van der Waals surface area contributed by atoms with Crippen molar-refractivity contribution in [1.82, 2.24) is 14.8 Å². The van der Waals surface area contributed by atoms with Gasteiger partial charge in [-0.25, -0.2) is 0 Å². The number of carbonyl (C=O) groups is 2. The summed E-state index contributed by atoms with van der Waals surface area (Å²) in [5.41, 5.74) is 2.53. The molecular weight excluding hydrogens is 472 g/mol. The van der Waals surface area contributed by atoms with E-state index < -0.39 is 59.8 Å². The summed E-state index contributed by atoms with van der Waals surface area (Å²) >= 11 is 0. The number of ether oxygens (including phenoxy) is 1. The highest BCUT2D eigenvalue weighted by Gasteiger charge is 2.48. The zero-order chi connectivity index (χ0) is 24.8. The number of hydrogen-bond donors (Lipinski definition) is 2. The fraction of sp³-hybridized carbons (Fsp3) is 0.500. The van der Waals surface area contributed by atoms with Gasteiger partial charge >= 0.3 is 12.4 Å². The molecule has 1 saturated heterocycles. The standard InChI is InChI=1S/C20H19F6N5O3/c21-19(22,23)13-5-9(8-34-13)7-31-16(14(20(24,25)26)15(30-31)10-1-2-10)18(33)29-11-3-4-28-12(6-11)17(27)32/h3-4,6,9-10,13H,1-2,5,7-8H2,(H2,27,32)(H,28,29,33). The van der Waals surface area contributed by atoms with Gasteiger partial charge in [-0.15, -0.1) is 0 Å². The van der Waals surface area contributed by atoms with Gasteiger partial charge in [-0.2, -0.15) is 31.4 Å². The molecule has 0 spiro atoms. The van der Waals surface area contributed by atoms with Crippen molar-refractivity contribution in [2.24, 2.45) is 11.7 Å². The zero-order valence-corrected chi connectivity index (χ0v) is 17.4. The predicted octanol–water partition coefficient (Wildman–Crippen LogP) is 3.49. The molecule has 0 aromatic carbocycles. The smallest absolute Gasteiger partial charge is 0.368 e. The molecule has 3 N–H and O–H groups in total. The fourth-order valence-corrected chi connectivity index (χ4v) is 3.89. The van der Waals surface area contributed by atoms with E-state index in [1.807, 2.05) is 0 Å². The maximum atomic E-state index is 14.0. The summed E-state index contributed by atoms with van der Waals surface area (Å²) in [4.78, 5) is 28.0. The lowest BCUT2D eigenvalue weighted by Crippen LogP contribution is -2.28. The lowest BCUT2D eigenvalue weighted by molar-refractivity contribution is -0.206. The Morgan fingerprint density at radius 1 is 1.21 bits per heavy atom. The highest BCUT2D eigenvalue weighted by Crippen LogP contribution is 2.47. The zero-order valence-electron chi connectivity index (χ0n) is 17.4. The Balaban J connectivity index is 1.69. The number of aromatic nitrogens is 3. The minimum absolute atomic E-state index is 0.0380. The van der Waals surface area contributed by atoms with Crippen LogP contribution in [0.3, 0.4) is 0 Å². The minimum Gasteiger partial charge on any atom is -0.368 e. The number of primary amides is 1. The van der Waals surface area contributed by atoms with Crippen LogP contribution in [-0.2, 0) is 17.5 Å². The van der Waals surface area contributed by atoms with Crippen LogP contribution in [0.4, 0.5) is 32.0 Å². The van der Waals surface area contributed by atoms with E-state index in [2.05, 4.69) is 15.4 Å². The van der Waals surface area contributed by atoms with Gasteiger partial charge in [-0.05, 0) is 31.4 Å². The van der Waals surface area contributed by atoms with Crippen LogP contribution in [0.2, 0.25) is 0 Å². The molecule has 4 rings (SSSR count). The van der Waals surface area contributed by atoms with Crippen LogP contribution in [0, 0.1) is 5.92 Å². The summed E-state index contributed by atoms with van der Waals surface area (Å²) in [6.07, 6.45) is -9.97. The van der Waals surface area contributed by atoms with E-state index in [4.69, 9.17) is 10.5 Å². The van der Waals surface area contributed by atoms with E-state index in [-0.39, 0.29) is 30.2 Å². The molecule has 2 unspecified atom stereocenters. The highest BCUT2D eigenvalue weighted by molar-refractivity contribution is 6.05. The number of rotatable bonds is 6. The number of carbonyl (C=O) groups excluding carboxylic acids is 2. The van der Waals surface area contributed by atoms with E-state index >= 15 is 0 Å². The normalized spacial score (nSPS) is 21.0. The van der Waals surface area contributed by atoms with E-state index in [1.54, 1.807) is 0 Å². The molecule has 1 saturated carbocycles. The first-order valence-corrected chi connectivity index (χ1v) is 10.3. The third kappa shape index (κ3) is 5.00. The van der Waals surface area contributed by atoms with Crippen LogP contribution in [0.5, 0.6) is 0 Å². The topological polar surface area (TPSA) is 112 Å². The molecule has 2 atom stereocenters. The Labute approximate surface area is 188 Å². The van der Waals surface area contributed by atoms with Gasteiger partial charge in [0.25, 0.3) is 11.8 Å². The van der Waals surface area contributed by atoms with Crippen LogP contribution in [-0.4, -0.2) is 45.5 Å². The molecule has 0 radical (unpaired) electrons. The van der Waals surface area contributed by atoms with E-state index in [1.165, 1.54) is 6.07 Å². The summed E-state index contributed by atoms with van der Waals surface area (Å²) in [6.45, 7) is -0.703. The number of nitrogens with one attached hydrogen (secondary N) is 1. The molecule has 3 heterocycles. The monoisotopic (exact) mass is 491 g/mol. The maximum absolute atomic E-state index is 14.0. The average Bonchev–Trinajstić information content (AvgIpc) is 3.32. The van der Waals surface area contributed by atoms with Crippen molar-refractivity contribution in [1.29, 1.82) is 0 Å². The number of hydrogen-bond acceptors (Lipinski definition) is 5. The number of nitrogens with two attached hydrogens (primary N) is 1. The molecule has 2 aromatic heterocycles. The number of anilines is 1. The largest absolute Gasteiger partial charge is 0.420 e. The molecule has 2 aromatic rings. The molecule has 1 aliphatic heterocycles. The number of alkyl halides is 6. The first-order chi connectivity index (χ1) is 15.8. The summed E-state index contributed by atoms with van der Waals surface area (Å²) in [5.74, 6) is -3.38. The van der Waals surface area contributed by atoms with Crippen LogP contribution in [0.25, 0.3) is 0 Å². The quantitative estimate of drug-likeness (QED) is 0.601. The number of nitrogens with zero attached hydrogens (tertiary/aromatic N) is 3. The second-order valence-electron chi connectivity index (χ2n) is 8.28. The van der Waals surface area contributed by atoms with Gasteiger partial charge in [0.05, 0.1) is 12.3 Å². The molecule has 1 aliphatic carbocycles. The van der Waals surface area contributed by atoms with Crippen LogP contribution in [0.1, 0.15) is 57.4 Å². The molecule has 2 amide bonds. The van der Waals surface area contributed by atoms with Crippen molar-refractivity contribution in [3.8, 4) is 0 Å². The van der Waals surface area contributed by atoms with Gasteiger partial charge in [-0.1, -0.05) is 0 Å². The molecular formula is C20H19F6N5O3. The molecule has 2 fully saturated rings. The van der Waals surface area contributed by atoms with E-state index in [0.29, 0.717) is 12.8 Å². The van der Waals surface area contributed by atoms with Crippen molar-refractivity contribution in [2.45, 2.75) is 50.2 Å². The molecule has 8 nitrogen and oxygen atoms in total. The van der Waals surface area contributed by atoms with Gasteiger partial charge in [-0.3, -0.25) is 19.3 Å². The molecule has 34 heavy (non-hydrogen) atoms. The van der Waals surface area contributed by atoms with Gasteiger partial charge in [0.1, 0.15) is 17.0 Å². The average molecular weight is 491 g/mol. The first kappa shape index (κ1) is 24.0. The number of amides is 2. The van der Waals surface area contributed by atoms with Crippen molar-refractivity contribution in [2.75, 3.05) is 11.9 Å². The van der Waals surface area contributed by atoms with Crippen molar-refractivity contribution < 1.29 is 40.7 Å². The second-order valence-corrected chi connectivity index (χ2v) is 8.28. The molecule has 0 bridgehead atoms. The Bertz CT molecular complexity index is 1110. The van der Waals surface area contributed by atoms with Crippen LogP contribution < -0.4 is 11.1 Å². The van der Waals surface area contributed by atoms with Gasteiger partial charge in [0.15, 0.2) is 6.10 Å². The molecule has 2 aliphatic rings. The maximum Gasteiger partial charge on any atom is 0.420 e. The first-order valence-electron chi connectivity index (χ1n) is 10.3. The SMILES string of the molecule is NC(=O)c1cc(NC(=O)c2c(C(F)(F)F)c(C3CC3)nn2CC2COC(C(F)(F)F)C2)ccn1. The van der Waals surface area contributed by atoms with Crippen LogP contribution in [0.15, 0.2) is 18.3 Å². The number of halogens is 6. The Hall–Kier alpha value is -3.16. The summed E-state index contributed by atoms with van der Waals surface area (Å²) in [5, 5.41) is 6.29. The van der Waals surface area contributed by atoms with Gasteiger partial charge < -0.3 is 15.8 Å². The minimum atomic E-state index is -4.93. The van der Waals surface area contributed by atoms with Crippen molar-refractivity contribution in [3.63, 3.8) is 0 Å². The van der Waals surface area contributed by atoms with Gasteiger partial charge in [0, 0.05) is 30.3 Å². The third-order valence-corrected chi connectivity index (χ3v) is 5.59. The second kappa shape index (κ2) is 8.56.